The fourth-order valence-corrected chi connectivity index (χ4v) is 2.14. The van der Waals surface area contributed by atoms with Gasteiger partial charge in [0.25, 0.3) is 0 Å². The number of nitrogen functional groups attached to an aromatic ring is 1. The molecule has 5 heteroatoms. The molecule has 0 spiro atoms. The molecule has 0 aliphatic carbocycles. The lowest BCUT2D eigenvalue weighted by Crippen LogP contribution is -2.26. The van der Waals surface area contributed by atoms with Crippen LogP contribution in [0.4, 0.5) is 0 Å². The Bertz CT molecular complexity index is 754. The zero-order valence-electron chi connectivity index (χ0n) is 10.6. The third-order valence-electron chi connectivity index (χ3n) is 3.15. The van der Waals surface area contributed by atoms with Gasteiger partial charge >= 0.3 is 0 Å². The molecule has 0 aliphatic rings. The number of aryl methyl sites for hydroxylation is 1. The van der Waals surface area contributed by atoms with Gasteiger partial charge < -0.3 is 14.7 Å². The van der Waals surface area contributed by atoms with Gasteiger partial charge in [0.2, 0.25) is 0 Å². The number of amidine groups is 1. The number of furan rings is 1. The van der Waals surface area contributed by atoms with E-state index < -0.39 is 0 Å². The molecule has 3 aromatic rings. The molecule has 3 aromatic heterocycles. The molecular weight excluding hydrogens is 240 g/mol. The van der Waals surface area contributed by atoms with Crippen LogP contribution in [0.3, 0.4) is 0 Å². The van der Waals surface area contributed by atoms with Gasteiger partial charge in [-0.15, -0.1) is 0 Å². The second kappa shape index (κ2) is 4.28. The van der Waals surface area contributed by atoms with Gasteiger partial charge in [-0.2, -0.15) is 0 Å². The summed E-state index contributed by atoms with van der Waals surface area (Å²) in [7, 11) is 2.00. The van der Waals surface area contributed by atoms with Crippen LogP contribution in [-0.2, 0) is 13.6 Å². The highest BCUT2D eigenvalue weighted by atomic mass is 16.3. The van der Waals surface area contributed by atoms with Gasteiger partial charge in [0.05, 0.1) is 12.1 Å². The van der Waals surface area contributed by atoms with E-state index in [0.717, 1.165) is 11.3 Å². The molecule has 96 valence electrons. The van der Waals surface area contributed by atoms with Gasteiger partial charge in [-0.25, -0.2) is 4.57 Å². The zero-order chi connectivity index (χ0) is 13.4. The SMILES string of the molecule is C[n+]1ccc2ccn(Cc3cc(C(=N)N)co3)c2c1. The molecule has 3 heterocycles. The van der Waals surface area contributed by atoms with Crippen molar-refractivity contribution in [2.75, 3.05) is 0 Å². The Hall–Kier alpha value is -2.56. The standard InChI is InChI=1S/C14H15N4O/c1-17-4-2-10-3-5-18(13(10)8-17)7-12-6-11(9-19-12)14(15)16/h2-6,8-9H,7H2,1H3,(H3,15,16)/q+1. The number of rotatable bonds is 3. The summed E-state index contributed by atoms with van der Waals surface area (Å²) >= 11 is 0. The molecule has 0 aliphatic heterocycles. The predicted octanol–water partition coefficient (Wildman–Crippen LogP) is 1.39. The summed E-state index contributed by atoms with van der Waals surface area (Å²) in [6, 6.07) is 5.95. The van der Waals surface area contributed by atoms with E-state index in [2.05, 4.69) is 22.9 Å². The van der Waals surface area contributed by atoms with Crippen molar-refractivity contribution in [2.24, 2.45) is 12.8 Å². The van der Waals surface area contributed by atoms with E-state index >= 15 is 0 Å². The molecule has 0 aromatic carbocycles. The van der Waals surface area contributed by atoms with Gasteiger partial charge in [0.1, 0.15) is 30.4 Å². The Morgan fingerprint density at radius 1 is 1.47 bits per heavy atom. The molecular formula is C14H15N4O+. The van der Waals surface area contributed by atoms with E-state index in [0.29, 0.717) is 12.1 Å². The van der Waals surface area contributed by atoms with Crippen LogP contribution in [-0.4, -0.2) is 10.4 Å². The average molecular weight is 255 g/mol. The van der Waals surface area contributed by atoms with Crippen LogP contribution in [0.15, 0.2) is 47.5 Å². The second-order valence-electron chi connectivity index (χ2n) is 4.61. The average Bonchev–Trinajstić information content (AvgIpc) is 2.98. The molecule has 0 radical (unpaired) electrons. The number of hydrogen-bond acceptors (Lipinski definition) is 2. The van der Waals surface area contributed by atoms with Gasteiger partial charge in [-0.05, 0) is 12.1 Å². The summed E-state index contributed by atoms with van der Waals surface area (Å²) in [6.45, 7) is 0.626. The van der Waals surface area contributed by atoms with Crippen molar-refractivity contribution in [1.82, 2.24) is 4.57 Å². The lowest BCUT2D eigenvalue weighted by Gasteiger charge is -2.01. The molecule has 0 atom stereocenters. The molecule has 0 saturated carbocycles. The van der Waals surface area contributed by atoms with Crippen LogP contribution in [0.5, 0.6) is 0 Å². The van der Waals surface area contributed by atoms with Crippen molar-refractivity contribution in [1.29, 1.82) is 5.41 Å². The summed E-state index contributed by atoms with van der Waals surface area (Å²) in [5.41, 5.74) is 7.19. The van der Waals surface area contributed by atoms with Crippen molar-refractivity contribution < 1.29 is 8.98 Å². The predicted molar refractivity (Wildman–Crippen MR) is 71.9 cm³/mol. The van der Waals surface area contributed by atoms with Gasteiger partial charge in [-0.3, -0.25) is 5.41 Å². The number of aromatic nitrogens is 2. The smallest absolute Gasteiger partial charge is 0.193 e. The van der Waals surface area contributed by atoms with Gasteiger partial charge in [-0.1, -0.05) is 0 Å². The molecule has 0 saturated heterocycles. The Balaban J connectivity index is 1.96. The van der Waals surface area contributed by atoms with Gasteiger partial charge in [0, 0.05) is 17.6 Å². The van der Waals surface area contributed by atoms with Crippen LogP contribution in [0.25, 0.3) is 10.9 Å². The Kier molecular flexibility index (Phi) is 2.59. The maximum atomic E-state index is 7.37. The molecule has 0 bridgehead atoms. The first-order chi connectivity index (χ1) is 9.13. The van der Waals surface area contributed by atoms with Crippen LogP contribution in [0, 0.1) is 5.41 Å². The molecule has 19 heavy (non-hydrogen) atoms. The minimum Gasteiger partial charge on any atom is -0.467 e. The number of fused-ring (bicyclic) bond motifs is 1. The van der Waals surface area contributed by atoms with E-state index in [1.54, 1.807) is 6.07 Å². The Morgan fingerprint density at radius 3 is 3.05 bits per heavy atom. The molecule has 0 unspecified atom stereocenters. The summed E-state index contributed by atoms with van der Waals surface area (Å²) in [4.78, 5) is 0. The van der Waals surface area contributed by atoms with Crippen LogP contribution >= 0.6 is 0 Å². The van der Waals surface area contributed by atoms with E-state index in [4.69, 9.17) is 15.6 Å². The summed E-state index contributed by atoms with van der Waals surface area (Å²) < 4.78 is 9.56. The van der Waals surface area contributed by atoms with Gasteiger partial charge in [0.15, 0.2) is 12.4 Å². The molecule has 0 amide bonds. The minimum atomic E-state index is 0.0266. The highest BCUT2D eigenvalue weighted by Crippen LogP contribution is 2.16. The van der Waals surface area contributed by atoms with Crippen LogP contribution in [0.2, 0.25) is 0 Å². The van der Waals surface area contributed by atoms with Crippen LogP contribution in [0.1, 0.15) is 11.3 Å². The third-order valence-corrected chi connectivity index (χ3v) is 3.15. The number of pyridine rings is 1. The second-order valence-corrected chi connectivity index (χ2v) is 4.61. The summed E-state index contributed by atoms with van der Waals surface area (Å²) in [6.07, 6.45) is 7.64. The third kappa shape index (κ3) is 2.10. The number of nitrogens with one attached hydrogen (secondary N) is 1. The van der Waals surface area contributed by atoms with Crippen LogP contribution < -0.4 is 10.3 Å². The fraction of sp³-hybridized carbons (Fsp3) is 0.143. The van der Waals surface area contributed by atoms with Crippen molar-refractivity contribution in [3.05, 3.63) is 54.4 Å². The zero-order valence-corrected chi connectivity index (χ0v) is 10.6. The lowest BCUT2D eigenvalue weighted by molar-refractivity contribution is -0.670. The van der Waals surface area contributed by atoms with Crippen molar-refractivity contribution in [3.63, 3.8) is 0 Å². The quantitative estimate of drug-likeness (QED) is 0.422. The Labute approximate surface area is 110 Å². The van der Waals surface area contributed by atoms with Crippen molar-refractivity contribution in [2.45, 2.75) is 6.54 Å². The summed E-state index contributed by atoms with van der Waals surface area (Å²) in [5.74, 6) is 0.813. The molecule has 3 rings (SSSR count). The normalized spacial score (nSPS) is 11.0. The first-order valence-corrected chi connectivity index (χ1v) is 5.99. The summed E-state index contributed by atoms with van der Waals surface area (Å²) in [5, 5.41) is 8.56. The maximum Gasteiger partial charge on any atom is 0.193 e. The highest BCUT2D eigenvalue weighted by Gasteiger charge is 2.09. The lowest BCUT2D eigenvalue weighted by atomic mass is 10.3. The first-order valence-electron chi connectivity index (χ1n) is 5.99. The van der Waals surface area contributed by atoms with E-state index in [1.807, 2.05) is 24.0 Å². The van der Waals surface area contributed by atoms with E-state index in [9.17, 15) is 0 Å². The number of nitrogens with zero attached hydrogens (tertiary/aromatic N) is 2. The number of hydrogen-bond donors (Lipinski definition) is 2. The largest absolute Gasteiger partial charge is 0.467 e. The highest BCUT2D eigenvalue weighted by molar-refractivity contribution is 5.94. The molecule has 0 fully saturated rings. The fourth-order valence-electron chi connectivity index (χ4n) is 2.14. The number of nitrogens with two attached hydrogens (primary N) is 1. The minimum absolute atomic E-state index is 0.0266. The molecule has 5 nitrogen and oxygen atoms in total. The first kappa shape index (κ1) is 11.5. The van der Waals surface area contributed by atoms with Crippen molar-refractivity contribution >= 4 is 16.7 Å². The topological polar surface area (TPSA) is 71.8 Å². The van der Waals surface area contributed by atoms with E-state index in [1.165, 1.54) is 11.6 Å². The maximum absolute atomic E-state index is 7.37. The monoisotopic (exact) mass is 255 g/mol. The van der Waals surface area contributed by atoms with Crippen molar-refractivity contribution in [3.8, 4) is 0 Å². The molecule has 3 N–H and O–H groups in total. The van der Waals surface area contributed by atoms with E-state index in [-0.39, 0.29) is 5.84 Å². The Morgan fingerprint density at radius 2 is 2.32 bits per heavy atom.